The Morgan fingerprint density at radius 2 is 2.00 bits per heavy atom. The standard InChI is InChI=1S/C15H21N/c1-10-5-4-6-14(12(10)3)15-9-13(16)8-7-11(15)2/h4-6,9-10,12H,7-8,16H2,1-3H3. The summed E-state index contributed by atoms with van der Waals surface area (Å²) in [4.78, 5) is 0. The number of rotatable bonds is 1. The van der Waals surface area contributed by atoms with Gasteiger partial charge in [-0.25, -0.2) is 0 Å². The molecule has 2 rings (SSSR count). The van der Waals surface area contributed by atoms with Gasteiger partial charge in [0.25, 0.3) is 0 Å². The van der Waals surface area contributed by atoms with Crippen molar-refractivity contribution in [1.82, 2.24) is 0 Å². The molecule has 2 unspecified atom stereocenters. The first-order valence-electron chi connectivity index (χ1n) is 6.14. The zero-order valence-corrected chi connectivity index (χ0v) is 10.5. The zero-order valence-electron chi connectivity index (χ0n) is 10.5. The number of hydrogen-bond acceptors (Lipinski definition) is 1. The van der Waals surface area contributed by atoms with E-state index in [1.807, 2.05) is 0 Å². The summed E-state index contributed by atoms with van der Waals surface area (Å²) in [7, 11) is 0. The average Bonchev–Trinajstić information content (AvgIpc) is 2.26. The largest absolute Gasteiger partial charge is 0.402 e. The molecule has 0 heterocycles. The lowest BCUT2D eigenvalue weighted by molar-refractivity contribution is 0.527. The normalized spacial score (nSPS) is 30.2. The molecule has 0 aliphatic heterocycles. The molecule has 0 aromatic rings. The first kappa shape index (κ1) is 11.3. The van der Waals surface area contributed by atoms with E-state index in [4.69, 9.17) is 5.73 Å². The molecule has 2 N–H and O–H groups in total. The smallest absolute Gasteiger partial charge is 0.00897 e. The second-order valence-electron chi connectivity index (χ2n) is 5.07. The number of allylic oxidation sites excluding steroid dienone is 8. The molecule has 86 valence electrons. The fourth-order valence-corrected chi connectivity index (χ4v) is 2.45. The predicted octanol–water partition coefficient (Wildman–Crippen LogP) is 3.71. The summed E-state index contributed by atoms with van der Waals surface area (Å²) in [5.74, 6) is 1.22. The summed E-state index contributed by atoms with van der Waals surface area (Å²) >= 11 is 0. The van der Waals surface area contributed by atoms with E-state index in [2.05, 4.69) is 45.1 Å². The van der Waals surface area contributed by atoms with Crippen LogP contribution in [0, 0.1) is 11.8 Å². The van der Waals surface area contributed by atoms with Crippen LogP contribution in [0.2, 0.25) is 0 Å². The molecule has 0 saturated carbocycles. The maximum atomic E-state index is 5.96. The highest BCUT2D eigenvalue weighted by Gasteiger charge is 2.21. The Balaban J connectivity index is 2.38. The third-order valence-corrected chi connectivity index (χ3v) is 3.86. The summed E-state index contributed by atoms with van der Waals surface area (Å²) in [6, 6.07) is 0. The van der Waals surface area contributed by atoms with Crippen molar-refractivity contribution in [3.8, 4) is 0 Å². The Morgan fingerprint density at radius 3 is 2.75 bits per heavy atom. The van der Waals surface area contributed by atoms with Gasteiger partial charge in [-0.15, -0.1) is 0 Å². The molecule has 0 radical (unpaired) electrons. The van der Waals surface area contributed by atoms with Gasteiger partial charge < -0.3 is 5.73 Å². The fourth-order valence-electron chi connectivity index (χ4n) is 2.45. The highest BCUT2D eigenvalue weighted by atomic mass is 14.6. The van der Waals surface area contributed by atoms with Crippen LogP contribution in [0.15, 0.2) is 46.7 Å². The fraction of sp³-hybridized carbons (Fsp3) is 0.467. The van der Waals surface area contributed by atoms with Crippen LogP contribution in [0.25, 0.3) is 0 Å². The minimum Gasteiger partial charge on any atom is -0.402 e. The molecular formula is C15H21N. The Morgan fingerprint density at radius 1 is 1.25 bits per heavy atom. The Labute approximate surface area is 98.4 Å². The van der Waals surface area contributed by atoms with Gasteiger partial charge in [0.15, 0.2) is 0 Å². The average molecular weight is 215 g/mol. The van der Waals surface area contributed by atoms with Crippen LogP contribution in [-0.4, -0.2) is 0 Å². The minimum absolute atomic E-state index is 0.595. The van der Waals surface area contributed by atoms with Gasteiger partial charge in [0.05, 0.1) is 0 Å². The summed E-state index contributed by atoms with van der Waals surface area (Å²) in [5.41, 5.74) is 11.3. The van der Waals surface area contributed by atoms with E-state index in [0.29, 0.717) is 11.8 Å². The van der Waals surface area contributed by atoms with E-state index in [-0.39, 0.29) is 0 Å². The summed E-state index contributed by atoms with van der Waals surface area (Å²) in [6.07, 6.45) is 11.0. The monoisotopic (exact) mass is 215 g/mol. The van der Waals surface area contributed by atoms with Crippen molar-refractivity contribution in [1.29, 1.82) is 0 Å². The molecule has 1 nitrogen and oxygen atoms in total. The quantitative estimate of drug-likeness (QED) is 0.709. The van der Waals surface area contributed by atoms with E-state index in [9.17, 15) is 0 Å². The molecule has 1 heteroatoms. The summed E-state index contributed by atoms with van der Waals surface area (Å²) < 4.78 is 0. The van der Waals surface area contributed by atoms with E-state index < -0.39 is 0 Å². The van der Waals surface area contributed by atoms with Crippen molar-refractivity contribution in [2.45, 2.75) is 33.6 Å². The maximum absolute atomic E-state index is 5.96. The number of hydrogen-bond donors (Lipinski definition) is 1. The molecule has 0 spiro atoms. The lowest BCUT2D eigenvalue weighted by Crippen LogP contribution is -2.15. The molecule has 2 atom stereocenters. The van der Waals surface area contributed by atoms with Crippen molar-refractivity contribution < 1.29 is 0 Å². The molecule has 2 aliphatic rings. The van der Waals surface area contributed by atoms with Gasteiger partial charge >= 0.3 is 0 Å². The van der Waals surface area contributed by atoms with Gasteiger partial charge in [-0.2, -0.15) is 0 Å². The van der Waals surface area contributed by atoms with Gasteiger partial charge in [-0.05, 0) is 48.8 Å². The highest BCUT2D eigenvalue weighted by molar-refractivity contribution is 5.50. The van der Waals surface area contributed by atoms with Crippen molar-refractivity contribution >= 4 is 0 Å². The van der Waals surface area contributed by atoms with Gasteiger partial charge in [-0.1, -0.05) is 37.6 Å². The number of nitrogens with two attached hydrogens (primary N) is 1. The molecule has 0 aromatic carbocycles. The van der Waals surface area contributed by atoms with Crippen molar-refractivity contribution in [3.63, 3.8) is 0 Å². The SMILES string of the molecule is CC1=C(C2=CC=CC(C)C2C)C=C(N)CC1. The molecule has 0 fully saturated rings. The molecule has 0 bridgehead atoms. The topological polar surface area (TPSA) is 26.0 Å². The third kappa shape index (κ3) is 1.99. The minimum atomic E-state index is 0.595. The Bertz CT molecular complexity index is 407. The van der Waals surface area contributed by atoms with Crippen LogP contribution in [0.4, 0.5) is 0 Å². The lowest BCUT2D eigenvalue weighted by Gasteiger charge is -2.27. The molecule has 2 aliphatic carbocycles. The second-order valence-corrected chi connectivity index (χ2v) is 5.07. The maximum Gasteiger partial charge on any atom is 0.00897 e. The molecule has 0 amide bonds. The second kappa shape index (κ2) is 4.32. The molecule has 16 heavy (non-hydrogen) atoms. The summed E-state index contributed by atoms with van der Waals surface area (Å²) in [6.45, 7) is 6.81. The van der Waals surface area contributed by atoms with E-state index in [0.717, 1.165) is 18.5 Å². The van der Waals surface area contributed by atoms with Gasteiger partial charge in [0, 0.05) is 5.70 Å². The van der Waals surface area contributed by atoms with Gasteiger partial charge in [0.2, 0.25) is 0 Å². The van der Waals surface area contributed by atoms with E-state index in [1.165, 1.54) is 16.7 Å². The van der Waals surface area contributed by atoms with Gasteiger partial charge in [0.1, 0.15) is 0 Å². The third-order valence-electron chi connectivity index (χ3n) is 3.86. The van der Waals surface area contributed by atoms with Crippen LogP contribution >= 0.6 is 0 Å². The molecule has 0 aromatic heterocycles. The van der Waals surface area contributed by atoms with Crippen molar-refractivity contribution in [2.24, 2.45) is 17.6 Å². The van der Waals surface area contributed by atoms with Crippen LogP contribution in [0.5, 0.6) is 0 Å². The Hall–Kier alpha value is -1.24. The zero-order chi connectivity index (χ0) is 11.7. The first-order valence-corrected chi connectivity index (χ1v) is 6.14. The predicted molar refractivity (Wildman–Crippen MR) is 69.8 cm³/mol. The van der Waals surface area contributed by atoms with Crippen molar-refractivity contribution in [2.75, 3.05) is 0 Å². The van der Waals surface area contributed by atoms with Crippen LogP contribution in [-0.2, 0) is 0 Å². The van der Waals surface area contributed by atoms with Crippen LogP contribution < -0.4 is 5.73 Å². The van der Waals surface area contributed by atoms with Gasteiger partial charge in [-0.3, -0.25) is 0 Å². The van der Waals surface area contributed by atoms with Crippen LogP contribution in [0.1, 0.15) is 33.6 Å². The summed E-state index contributed by atoms with van der Waals surface area (Å²) in [5, 5.41) is 0. The Kier molecular flexibility index (Phi) is 3.04. The molecule has 0 saturated heterocycles. The van der Waals surface area contributed by atoms with Crippen molar-refractivity contribution in [3.05, 3.63) is 46.7 Å². The van der Waals surface area contributed by atoms with E-state index in [1.54, 1.807) is 0 Å². The first-order chi connectivity index (χ1) is 7.59. The lowest BCUT2D eigenvalue weighted by atomic mass is 9.78. The highest BCUT2D eigenvalue weighted by Crippen LogP contribution is 2.35. The van der Waals surface area contributed by atoms with E-state index >= 15 is 0 Å². The van der Waals surface area contributed by atoms with Crippen LogP contribution in [0.3, 0.4) is 0 Å². The molecular weight excluding hydrogens is 194 g/mol.